The largest absolute Gasteiger partial charge is 0.398 e. The lowest BCUT2D eigenvalue weighted by molar-refractivity contribution is -0.127. The van der Waals surface area contributed by atoms with Gasteiger partial charge in [-0.1, -0.05) is 12.1 Å². The Morgan fingerprint density at radius 3 is 2.71 bits per heavy atom. The fourth-order valence-corrected chi connectivity index (χ4v) is 2.79. The maximum Gasteiger partial charge on any atom is 0.235 e. The van der Waals surface area contributed by atoms with E-state index in [1.807, 2.05) is 0 Å². The molecule has 0 aromatic heterocycles. The molecule has 4 nitrogen and oxygen atoms in total. The van der Waals surface area contributed by atoms with Crippen molar-refractivity contribution >= 4 is 22.4 Å². The summed E-state index contributed by atoms with van der Waals surface area (Å²) in [6, 6.07) is 7.32. The minimum absolute atomic E-state index is 0.0151. The molecule has 0 aliphatic heterocycles. The van der Waals surface area contributed by atoms with Gasteiger partial charge in [0, 0.05) is 18.8 Å². The molecule has 0 radical (unpaired) electrons. The number of anilines is 1. The van der Waals surface area contributed by atoms with Crippen LogP contribution in [0.4, 0.5) is 5.69 Å². The van der Waals surface area contributed by atoms with Crippen molar-refractivity contribution in [3.63, 3.8) is 0 Å². The van der Waals surface area contributed by atoms with Gasteiger partial charge in [-0.05, 0) is 25.0 Å². The van der Waals surface area contributed by atoms with E-state index in [2.05, 4.69) is 0 Å². The molecule has 1 unspecified atom stereocenters. The van der Waals surface area contributed by atoms with Crippen molar-refractivity contribution in [2.24, 2.45) is 0 Å². The third-order valence-electron chi connectivity index (χ3n) is 2.91. The number of amides is 1. The first-order valence-corrected chi connectivity index (χ1v) is 6.90. The van der Waals surface area contributed by atoms with Gasteiger partial charge in [0.05, 0.1) is 15.7 Å². The molecule has 0 bridgehead atoms. The Morgan fingerprint density at radius 2 is 2.12 bits per heavy atom. The predicted octanol–water partition coefficient (Wildman–Crippen LogP) is 0.997. The van der Waals surface area contributed by atoms with Crippen molar-refractivity contribution in [2.75, 3.05) is 18.5 Å². The van der Waals surface area contributed by atoms with Crippen LogP contribution in [-0.4, -0.2) is 33.9 Å². The van der Waals surface area contributed by atoms with Crippen LogP contribution in [0.1, 0.15) is 12.8 Å². The molecule has 1 amide bonds. The van der Waals surface area contributed by atoms with E-state index >= 15 is 0 Å². The summed E-state index contributed by atoms with van der Waals surface area (Å²) < 4.78 is 12.0. The second kappa shape index (κ2) is 4.87. The number of hydrogen-bond donors (Lipinski definition) is 1. The summed E-state index contributed by atoms with van der Waals surface area (Å²) in [6.45, 7) is 0. The SMILES string of the molecule is CN(C(=O)CS(=O)c1ccccc1N)C1CC1. The topological polar surface area (TPSA) is 63.4 Å². The maximum atomic E-state index is 12.0. The van der Waals surface area contributed by atoms with E-state index in [-0.39, 0.29) is 11.7 Å². The fourth-order valence-electron chi connectivity index (χ4n) is 1.65. The number of rotatable bonds is 4. The van der Waals surface area contributed by atoms with Crippen molar-refractivity contribution in [1.29, 1.82) is 0 Å². The Morgan fingerprint density at radius 1 is 1.47 bits per heavy atom. The minimum atomic E-state index is -1.35. The molecule has 1 atom stereocenters. The zero-order valence-corrected chi connectivity index (χ0v) is 10.6. The van der Waals surface area contributed by atoms with Crippen molar-refractivity contribution < 1.29 is 9.00 Å². The van der Waals surface area contributed by atoms with Crippen LogP contribution in [0, 0.1) is 0 Å². The quantitative estimate of drug-likeness (QED) is 0.813. The van der Waals surface area contributed by atoms with E-state index in [4.69, 9.17) is 5.73 Å². The second-order valence-electron chi connectivity index (χ2n) is 4.26. The number of carbonyl (C=O) groups excluding carboxylic acids is 1. The number of nitrogens with zero attached hydrogens (tertiary/aromatic N) is 1. The molecule has 92 valence electrons. The highest BCUT2D eigenvalue weighted by molar-refractivity contribution is 7.86. The molecule has 1 fully saturated rings. The molecular weight excluding hydrogens is 236 g/mol. The maximum absolute atomic E-state index is 12.0. The molecule has 2 N–H and O–H groups in total. The normalized spacial score (nSPS) is 16.5. The third-order valence-corrected chi connectivity index (χ3v) is 4.28. The summed E-state index contributed by atoms with van der Waals surface area (Å²) in [6.07, 6.45) is 2.12. The summed E-state index contributed by atoms with van der Waals surface area (Å²) in [4.78, 5) is 14.0. The van der Waals surface area contributed by atoms with Gasteiger partial charge < -0.3 is 10.6 Å². The van der Waals surface area contributed by atoms with E-state index in [1.54, 1.807) is 36.2 Å². The van der Waals surface area contributed by atoms with E-state index in [0.29, 0.717) is 16.6 Å². The average Bonchev–Trinajstić information content (AvgIpc) is 3.12. The van der Waals surface area contributed by atoms with Crippen LogP contribution >= 0.6 is 0 Å². The first-order valence-electron chi connectivity index (χ1n) is 5.58. The predicted molar refractivity (Wildman–Crippen MR) is 67.9 cm³/mol. The molecule has 1 aromatic rings. The van der Waals surface area contributed by atoms with Gasteiger partial charge in [-0.2, -0.15) is 0 Å². The van der Waals surface area contributed by atoms with Crippen LogP contribution in [0.25, 0.3) is 0 Å². The number of benzene rings is 1. The Labute approximate surface area is 103 Å². The summed E-state index contributed by atoms with van der Waals surface area (Å²) in [5.41, 5.74) is 6.21. The Hall–Kier alpha value is -1.36. The summed E-state index contributed by atoms with van der Waals surface area (Å²) in [5.74, 6) is -0.0598. The molecule has 5 heteroatoms. The van der Waals surface area contributed by atoms with E-state index in [0.717, 1.165) is 12.8 Å². The third kappa shape index (κ3) is 2.85. The fraction of sp³-hybridized carbons (Fsp3) is 0.417. The molecule has 2 rings (SSSR count). The van der Waals surface area contributed by atoms with Crippen molar-refractivity contribution in [3.05, 3.63) is 24.3 Å². The highest BCUT2D eigenvalue weighted by Crippen LogP contribution is 2.25. The lowest BCUT2D eigenvalue weighted by Crippen LogP contribution is -2.32. The Kier molecular flexibility index (Phi) is 3.47. The number of nitrogens with two attached hydrogens (primary N) is 1. The Bertz CT molecular complexity index is 458. The zero-order chi connectivity index (χ0) is 12.4. The van der Waals surface area contributed by atoms with Crippen LogP contribution in [0.5, 0.6) is 0 Å². The molecular formula is C12H16N2O2S. The van der Waals surface area contributed by atoms with Gasteiger partial charge in [0.1, 0.15) is 5.75 Å². The summed E-state index contributed by atoms with van der Waals surface area (Å²) in [5, 5.41) is 0. The smallest absolute Gasteiger partial charge is 0.235 e. The van der Waals surface area contributed by atoms with Crippen LogP contribution in [0.2, 0.25) is 0 Å². The van der Waals surface area contributed by atoms with E-state index < -0.39 is 10.8 Å². The first kappa shape index (κ1) is 12.1. The van der Waals surface area contributed by atoms with Gasteiger partial charge in [-0.3, -0.25) is 9.00 Å². The van der Waals surface area contributed by atoms with Gasteiger partial charge in [0.25, 0.3) is 0 Å². The van der Waals surface area contributed by atoms with Gasteiger partial charge in [-0.25, -0.2) is 0 Å². The lowest BCUT2D eigenvalue weighted by atomic mass is 10.3. The minimum Gasteiger partial charge on any atom is -0.398 e. The zero-order valence-electron chi connectivity index (χ0n) is 9.76. The van der Waals surface area contributed by atoms with E-state index in [9.17, 15) is 9.00 Å². The molecule has 0 heterocycles. The highest BCUT2D eigenvalue weighted by atomic mass is 32.2. The average molecular weight is 252 g/mol. The summed E-state index contributed by atoms with van der Waals surface area (Å²) >= 11 is 0. The molecule has 17 heavy (non-hydrogen) atoms. The van der Waals surface area contributed by atoms with Crippen LogP contribution in [0.15, 0.2) is 29.2 Å². The first-order chi connectivity index (χ1) is 8.09. The summed E-state index contributed by atoms with van der Waals surface area (Å²) in [7, 11) is 0.419. The monoisotopic (exact) mass is 252 g/mol. The van der Waals surface area contributed by atoms with Gasteiger partial charge >= 0.3 is 0 Å². The molecule has 1 aromatic carbocycles. The van der Waals surface area contributed by atoms with Crippen molar-refractivity contribution in [3.8, 4) is 0 Å². The molecule has 1 aliphatic carbocycles. The van der Waals surface area contributed by atoms with Crippen molar-refractivity contribution in [1.82, 2.24) is 4.90 Å². The van der Waals surface area contributed by atoms with Crippen LogP contribution < -0.4 is 5.73 Å². The molecule has 1 saturated carbocycles. The van der Waals surface area contributed by atoms with Crippen LogP contribution in [-0.2, 0) is 15.6 Å². The van der Waals surface area contributed by atoms with Gasteiger partial charge in [0.15, 0.2) is 0 Å². The Balaban J connectivity index is 2.01. The number of para-hydroxylation sites is 1. The van der Waals surface area contributed by atoms with Crippen molar-refractivity contribution in [2.45, 2.75) is 23.8 Å². The van der Waals surface area contributed by atoms with E-state index in [1.165, 1.54) is 0 Å². The number of nitrogen functional groups attached to an aromatic ring is 1. The number of hydrogen-bond acceptors (Lipinski definition) is 3. The molecule has 0 spiro atoms. The lowest BCUT2D eigenvalue weighted by Gasteiger charge is -2.16. The standard InChI is InChI=1S/C12H16N2O2S/c1-14(9-6-7-9)12(15)8-17(16)11-5-3-2-4-10(11)13/h2-5,9H,6-8,13H2,1H3. The number of carbonyl (C=O) groups is 1. The highest BCUT2D eigenvalue weighted by Gasteiger charge is 2.30. The second-order valence-corrected chi connectivity index (χ2v) is 5.68. The van der Waals surface area contributed by atoms with Crippen LogP contribution in [0.3, 0.4) is 0 Å². The van der Waals surface area contributed by atoms with Gasteiger partial charge in [-0.15, -0.1) is 0 Å². The molecule has 1 aliphatic rings. The molecule has 0 saturated heterocycles. The van der Waals surface area contributed by atoms with Gasteiger partial charge in [0.2, 0.25) is 5.91 Å².